The van der Waals surface area contributed by atoms with E-state index >= 15 is 0 Å². The average molecular weight is 354 g/mol. The fourth-order valence-electron chi connectivity index (χ4n) is 2.02. The van der Waals surface area contributed by atoms with Gasteiger partial charge in [-0.25, -0.2) is 0 Å². The summed E-state index contributed by atoms with van der Waals surface area (Å²) in [6.07, 6.45) is 0.179. The van der Waals surface area contributed by atoms with E-state index in [9.17, 15) is 0 Å². The van der Waals surface area contributed by atoms with Gasteiger partial charge in [-0.15, -0.1) is 11.6 Å². The Morgan fingerprint density at radius 2 is 1.70 bits per heavy atom. The van der Waals surface area contributed by atoms with E-state index in [0.29, 0.717) is 0 Å². The lowest BCUT2D eigenvalue weighted by Crippen LogP contribution is -2.05. The van der Waals surface area contributed by atoms with Crippen LogP contribution in [0.2, 0.25) is 0 Å². The number of hydrogen-bond acceptors (Lipinski definition) is 1. The van der Waals surface area contributed by atoms with Gasteiger partial charge in [0.15, 0.2) is 0 Å². The third-order valence-electron chi connectivity index (χ3n) is 2.97. The van der Waals surface area contributed by atoms with Crippen molar-refractivity contribution >= 4 is 27.5 Å². The molecule has 1 unspecified atom stereocenters. The number of aryl methyl sites for hydroxylation is 1. The van der Waals surface area contributed by atoms with Crippen molar-refractivity contribution in [2.45, 2.75) is 32.3 Å². The standard InChI is InChI=1S/C17H18BrClO/c1-11(2)20-14-7-5-13(6-8-14)17(19)15-10-12(3)4-9-16(15)18/h4-11,17H,1-3H3. The fraction of sp³-hybridized carbons (Fsp3) is 0.294. The second-order valence-corrected chi connectivity index (χ2v) is 6.41. The lowest BCUT2D eigenvalue weighted by Gasteiger charge is -2.15. The molecule has 0 saturated carbocycles. The van der Waals surface area contributed by atoms with Crippen LogP contribution in [0.3, 0.4) is 0 Å². The number of benzene rings is 2. The molecule has 0 N–H and O–H groups in total. The summed E-state index contributed by atoms with van der Waals surface area (Å²) in [5, 5.41) is -0.169. The summed E-state index contributed by atoms with van der Waals surface area (Å²) < 4.78 is 6.68. The molecule has 0 aliphatic carbocycles. The topological polar surface area (TPSA) is 9.23 Å². The molecule has 0 spiro atoms. The van der Waals surface area contributed by atoms with Gasteiger partial charge < -0.3 is 4.74 Å². The Morgan fingerprint density at radius 3 is 2.30 bits per heavy atom. The Labute approximate surface area is 134 Å². The van der Waals surface area contributed by atoms with Gasteiger partial charge >= 0.3 is 0 Å². The summed E-state index contributed by atoms with van der Waals surface area (Å²) in [6.45, 7) is 6.10. The molecule has 0 bridgehead atoms. The first-order valence-corrected chi connectivity index (χ1v) is 7.87. The fourth-order valence-corrected chi connectivity index (χ4v) is 2.96. The first kappa shape index (κ1) is 15.4. The molecular formula is C17H18BrClO. The van der Waals surface area contributed by atoms with Gasteiger partial charge in [-0.1, -0.05) is 45.8 Å². The van der Waals surface area contributed by atoms with Crippen LogP contribution in [0.25, 0.3) is 0 Å². The third-order valence-corrected chi connectivity index (χ3v) is 4.18. The lowest BCUT2D eigenvalue weighted by atomic mass is 10.0. The van der Waals surface area contributed by atoms with E-state index in [-0.39, 0.29) is 11.5 Å². The van der Waals surface area contributed by atoms with Crippen LogP contribution < -0.4 is 4.74 Å². The molecule has 0 heterocycles. The number of alkyl halides is 1. The number of hydrogen-bond donors (Lipinski definition) is 0. The molecule has 1 atom stereocenters. The van der Waals surface area contributed by atoms with Crippen LogP contribution in [0.15, 0.2) is 46.9 Å². The molecule has 0 fully saturated rings. The number of rotatable bonds is 4. The van der Waals surface area contributed by atoms with Crippen molar-refractivity contribution in [2.75, 3.05) is 0 Å². The van der Waals surface area contributed by atoms with E-state index in [1.807, 2.05) is 44.2 Å². The predicted octanol–water partition coefficient (Wildman–Crippen LogP) is 5.87. The summed E-state index contributed by atoms with van der Waals surface area (Å²) in [4.78, 5) is 0. The van der Waals surface area contributed by atoms with Crippen LogP contribution in [0.1, 0.15) is 35.9 Å². The molecule has 0 aliphatic rings. The Hall–Kier alpha value is -0.990. The zero-order chi connectivity index (χ0) is 14.7. The Morgan fingerprint density at radius 1 is 1.05 bits per heavy atom. The molecule has 2 aromatic rings. The van der Waals surface area contributed by atoms with Gasteiger partial charge in [0.1, 0.15) is 5.75 Å². The Balaban J connectivity index is 2.24. The monoisotopic (exact) mass is 352 g/mol. The minimum Gasteiger partial charge on any atom is -0.491 e. The van der Waals surface area contributed by atoms with Crippen LogP contribution in [0, 0.1) is 6.92 Å². The molecular weight excluding hydrogens is 336 g/mol. The van der Waals surface area contributed by atoms with E-state index in [4.69, 9.17) is 16.3 Å². The molecule has 0 aromatic heterocycles. The first-order valence-electron chi connectivity index (χ1n) is 6.64. The van der Waals surface area contributed by atoms with Crippen molar-refractivity contribution in [1.82, 2.24) is 0 Å². The van der Waals surface area contributed by atoms with E-state index in [1.165, 1.54) is 5.56 Å². The largest absolute Gasteiger partial charge is 0.491 e. The van der Waals surface area contributed by atoms with Crippen LogP contribution in [0.5, 0.6) is 5.75 Å². The lowest BCUT2D eigenvalue weighted by molar-refractivity contribution is 0.242. The zero-order valence-electron chi connectivity index (χ0n) is 11.9. The molecule has 3 heteroatoms. The molecule has 106 valence electrons. The summed E-state index contributed by atoms with van der Waals surface area (Å²) in [5.74, 6) is 0.871. The van der Waals surface area contributed by atoms with Crippen LogP contribution in [0.4, 0.5) is 0 Å². The molecule has 2 rings (SSSR count). The van der Waals surface area contributed by atoms with Crippen LogP contribution in [-0.4, -0.2) is 6.10 Å². The average Bonchev–Trinajstić information content (AvgIpc) is 2.41. The number of ether oxygens (including phenoxy) is 1. The SMILES string of the molecule is Cc1ccc(Br)c(C(Cl)c2ccc(OC(C)C)cc2)c1. The normalized spacial score (nSPS) is 12.5. The van der Waals surface area contributed by atoms with E-state index in [1.54, 1.807) is 0 Å². The molecule has 0 aliphatic heterocycles. The highest BCUT2D eigenvalue weighted by atomic mass is 79.9. The highest BCUT2D eigenvalue weighted by Crippen LogP contribution is 2.35. The molecule has 20 heavy (non-hydrogen) atoms. The predicted molar refractivity (Wildman–Crippen MR) is 88.8 cm³/mol. The maximum Gasteiger partial charge on any atom is 0.119 e. The van der Waals surface area contributed by atoms with Crippen molar-refractivity contribution in [1.29, 1.82) is 0 Å². The van der Waals surface area contributed by atoms with Crippen molar-refractivity contribution in [3.63, 3.8) is 0 Å². The van der Waals surface area contributed by atoms with Crippen molar-refractivity contribution in [2.24, 2.45) is 0 Å². The van der Waals surface area contributed by atoms with Gasteiger partial charge in [-0.05, 0) is 50.1 Å². The second-order valence-electron chi connectivity index (χ2n) is 5.12. The highest BCUT2D eigenvalue weighted by molar-refractivity contribution is 9.10. The van der Waals surface area contributed by atoms with Gasteiger partial charge in [-0.3, -0.25) is 0 Å². The second kappa shape index (κ2) is 6.64. The molecule has 0 radical (unpaired) electrons. The van der Waals surface area contributed by atoms with Gasteiger partial charge in [0.2, 0.25) is 0 Å². The van der Waals surface area contributed by atoms with Gasteiger partial charge in [-0.2, -0.15) is 0 Å². The molecule has 1 nitrogen and oxygen atoms in total. The van der Waals surface area contributed by atoms with Gasteiger partial charge in [0.25, 0.3) is 0 Å². The summed E-state index contributed by atoms with van der Waals surface area (Å²) >= 11 is 10.2. The van der Waals surface area contributed by atoms with Gasteiger partial charge in [0, 0.05) is 4.47 Å². The maximum atomic E-state index is 6.60. The molecule has 0 saturated heterocycles. The first-order chi connectivity index (χ1) is 9.47. The van der Waals surface area contributed by atoms with Crippen molar-refractivity contribution in [3.05, 3.63) is 63.6 Å². The third kappa shape index (κ3) is 3.77. The van der Waals surface area contributed by atoms with Crippen molar-refractivity contribution < 1.29 is 4.74 Å². The smallest absolute Gasteiger partial charge is 0.119 e. The summed E-state index contributed by atoms with van der Waals surface area (Å²) in [5.41, 5.74) is 3.35. The minimum atomic E-state index is -0.169. The van der Waals surface area contributed by atoms with E-state index in [2.05, 4.69) is 35.0 Å². The van der Waals surface area contributed by atoms with E-state index < -0.39 is 0 Å². The summed E-state index contributed by atoms with van der Waals surface area (Å²) in [7, 11) is 0. The van der Waals surface area contributed by atoms with Crippen LogP contribution in [-0.2, 0) is 0 Å². The number of halogens is 2. The maximum absolute atomic E-state index is 6.60. The van der Waals surface area contributed by atoms with Crippen LogP contribution >= 0.6 is 27.5 Å². The highest BCUT2D eigenvalue weighted by Gasteiger charge is 2.14. The molecule has 0 amide bonds. The zero-order valence-corrected chi connectivity index (χ0v) is 14.2. The summed E-state index contributed by atoms with van der Waals surface area (Å²) in [6, 6.07) is 14.2. The van der Waals surface area contributed by atoms with Crippen molar-refractivity contribution in [3.8, 4) is 5.75 Å². The molecule has 2 aromatic carbocycles. The quantitative estimate of drug-likeness (QED) is 0.624. The van der Waals surface area contributed by atoms with E-state index in [0.717, 1.165) is 21.3 Å². The minimum absolute atomic E-state index is 0.169. The Bertz CT molecular complexity index is 578. The van der Waals surface area contributed by atoms with Gasteiger partial charge in [0.05, 0.1) is 11.5 Å². The Kier molecular flexibility index (Phi) is 5.11.